The summed E-state index contributed by atoms with van der Waals surface area (Å²) in [5.74, 6) is 1.66. The third-order valence-electron chi connectivity index (χ3n) is 3.70. The SMILES string of the molecule is COc1cc(OC)cc(C(O)CC(C)c2ccccc2)c1. The van der Waals surface area contributed by atoms with E-state index in [2.05, 4.69) is 19.1 Å². The molecule has 0 amide bonds. The summed E-state index contributed by atoms with van der Waals surface area (Å²) >= 11 is 0. The Kier molecular flexibility index (Phi) is 5.23. The van der Waals surface area contributed by atoms with E-state index < -0.39 is 6.10 Å². The summed E-state index contributed by atoms with van der Waals surface area (Å²) in [6.45, 7) is 2.12. The van der Waals surface area contributed by atoms with Gasteiger partial charge in [0.1, 0.15) is 11.5 Å². The molecule has 2 aromatic carbocycles. The number of methoxy groups -OCH3 is 2. The van der Waals surface area contributed by atoms with E-state index in [1.807, 2.05) is 30.3 Å². The van der Waals surface area contributed by atoms with Crippen molar-refractivity contribution < 1.29 is 14.6 Å². The zero-order valence-corrected chi connectivity index (χ0v) is 12.7. The molecule has 2 rings (SSSR count). The summed E-state index contributed by atoms with van der Waals surface area (Å²) in [7, 11) is 3.22. The van der Waals surface area contributed by atoms with Crippen LogP contribution < -0.4 is 9.47 Å². The van der Waals surface area contributed by atoms with E-state index in [9.17, 15) is 5.11 Å². The molecule has 0 spiro atoms. The predicted molar refractivity (Wildman–Crippen MR) is 84.0 cm³/mol. The average molecular weight is 286 g/mol. The first-order valence-electron chi connectivity index (χ1n) is 7.10. The van der Waals surface area contributed by atoms with E-state index >= 15 is 0 Å². The van der Waals surface area contributed by atoms with Gasteiger partial charge in [0, 0.05) is 6.07 Å². The van der Waals surface area contributed by atoms with Crippen molar-refractivity contribution in [1.82, 2.24) is 0 Å². The predicted octanol–water partition coefficient (Wildman–Crippen LogP) is 3.93. The van der Waals surface area contributed by atoms with Crippen molar-refractivity contribution in [3.8, 4) is 11.5 Å². The highest BCUT2D eigenvalue weighted by molar-refractivity contribution is 5.39. The van der Waals surface area contributed by atoms with Crippen LogP contribution in [0.15, 0.2) is 48.5 Å². The molecule has 21 heavy (non-hydrogen) atoms. The Labute approximate surface area is 126 Å². The molecule has 2 atom stereocenters. The lowest BCUT2D eigenvalue weighted by Gasteiger charge is -2.18. The number of rotatable bonds is 6. The summed E-state index contributed by atoms with van der Waals surface area (Å²) in [6, 6.07) is 15.7. The van der Waals surface area contributed by atoms with Crippen LogP contribution in [-0.2, 0) is 0 Å². The molecule has 0 fully saturated rings. The second-order valence-electron chi connectivity index (χ2n) is 5.21. The number of aliphatic hydroxyl groups excluding tert-OH is 1. The molecule has 0 saturated heterocycles. The summed E-state index contributed by atoms with van der Waals surface area (Å²) in [6.07, 6.45) is 0.101. The van der Waals surface area contributed by atoms with Crippen LogP contribution in [0.5, 0.6) is 11.5 Å². The van der Waals surface area contributed by atoms with Crippen LogP contribution in [0, 0.1) is 0 Å². The molecule has 0 radical (unpaired) electrons. The maximum absolute atomic E-state index is 10.5. The van der Waals surface area contributed by atoms with Gasteiger partial charge in [-0.15, -0.1) is 0 Å². The van der Waals surface area contributed by atoms with Gasteiger partial charge in [-0.2, -0.15) is 0 Å². The van der Waals surface area contributed by atoms with Gasteiger partial charge in [0.05, 0.1) is 20.3 Å². The quantitative estimate of drug-likeness (QED) is 0.874. The molecule has 3 heteroatoms. The Bertz CT molecular complexity index is 544. The Morgan fingerprint density at radius 1 is 0.905 bits per heavy atom. The number of hydrogen-bond acceptors (Lipinski definition) is 3. The third-order valence-corrected chi connectivity index (χ3v) is 3.70. The van der Waals surface area contributed by atoms with Gasteiger partial charge >= 0.3 is 0 Å². The van der Waals surface area contributed by atoms with Gasteiger partial charge in [-0.1, -0.05) is 37.3 Å². The topological polar surface area (TPSA) is 38.7 Å². The van der Waals surface area contributed by atoms with Crippen molar-refractivity contribution in [3.05, 3.63) is 59.7 Å². The van der Waals surface area contributed by atoms with Gasteiger partial charge in [0.25, 0.3) is 0 Å². The Morgan fingerprint density at radius 3 is 2.00 bits per heavy atom. The molecule has 0 aliphatic carbocycles. The molecule has 0 aliphatic rings. The van der Waals surface area contributed by atoms with Gasteiger partial charge in [0.15, 0.2) is 0 Å². The lowest BCUT2D eigenvalue weighted by Crippen LogP contribution is -2.04. The van der Waals surface area contributed by atoms with E-state index in [-0.39, 0.29) is 5.92 Å². The van der Waals surface area contributed by atoms with Crippen molar-refractivity contribution in [2.75, 3.05) is 14.2 Å². The minimum absolute atomic E-state index is 0.276. The molecule has 1 N–H and O–H groups in total. The Morgan fingerprint density at radius 2 is 1.48 bits per heavy atom. The lowest BCUT2D eigenvalue weighted by atomic mass is 9.92. The van der Waals surface area contributed by atoms with E-state index in [1.54, 1.807) is 20.3 Å². The first-order chi connectivity index (χ1) is 10.1. The minimum Gasteiger partial charge on any atom is -0.497 e. The fraction of sp³-hybridized carbons (Fsp3) is 0.333. The molecule has 2 aromatic rings. The van der Waals surface area contributed by atoms with Crippen LogP contribution >= 0.6 is 0 Å². The van der Waals surface area contributed by atoms with E-state index in [1.165, 1.54) is 5.56 Å². The second-order valence-corrected chi connectivity index (χ2v) is 5.21. The van der Waals surface area contributed by atoms with E-state index in [0.717, 1.165) is 5.56 Å². The molecule has 0 heterocycles. The highest BCUT2D eigenvalue weighted by atomic mass is 16.5. The first-order valence-corrected chi connectivity index (χ1v) is 7.10. The van der Waals surface area contributed by atoms with Crippen LogP contribution in [0.1, 0.15) is 36.5 Å². The van der Waals surface area contributed by atoms with Crippen molar-refractivity contribution >= 4 is 0 Å². The van der Waals surface area contributed by atoms with Crippen molar-refractivity contribution in [1.29, 1.82) is 0 Å². The largest absolute Gasteiger partial charge is 0.497 e. The van der Waals surface area contributed by atoms with Crippen LogP contribution in [0.2, 0.25) is 0 Å². The molecule has 0 aliphatic heterocycles. The molecule has 112 valence electrons. The van der Waals surface area contributed by atoms with Gasteiger partial charge < -0.3 is 14.6 Å². The standard InChI is InChI=1S/C18H22O3/c1-13(14-7-5-4-6-8-14)9-18(19)15-10-16(20-2)12-17(11-15)21-3/h4-8,10-13,18-19H,9H2,1-3H3. The van der Waals surface area contributed by atoms with Crippen LogP contribution in [0.3, 0.4) is 0 Å². The first kappa shape index (κ1) is 15.4. The van der Waals surface area contributed by atoms with Gasteiger partial charge in [-0.3, -0.25) is 0 Å². The molecule has 2 unspecified atom stereocenters. The average Bonchev–Trinajstić information content (AvgIpc) is 2.54. The Hall–Kier alpha value is -2.00. The molecule has 0 saturated carbocycles. The second kappa shape index (κ2) is 7.14. The number of ether oxygens (including phenoxy) is 2. The van der Waals surface area contributed by atoms with Crippen LogP contribution in [0.25, 0.3) is 0 Å². The highest BCUT2D eigenvalue weighted by Gasteiger charge is 2.15. The smallest absolute Gasteiger partial charge is 0.122 e. The Balaban J connectivity index is 2.14. The monoisotopic (exact) mass is 286 g/mol. The van der Waals surface area contributed by atoms with Crippen LogP contribution in [-0.4, -0.2) is 19.3 Å². The molecule has 0 aromatic heterocycles. The van der Waals surface area contributed by atoms with E-state index in [0.29, 0.717) is 17.9 Å². The molecular formula is C18H22O3. The molecule has 0 bridgehead atoms. The summed E-state index contributed by atoms with van der Waals surface area (Å²) in [5, 5.41) is 10.5. The number of hydrogen-bond donors (Lipinski definition) is 1. The summed E-state index contributed by atoms with van der Waals surface area (Å²) in [5.41, 5.74) is 2.04. The van der Waals surface area contributed by atoms with Gasteiger partial charge in [-0.25, -0.2) is 0 Å². The highest BCUT2D eigenvalue weighted by Crippen LogP contribution is 2.32. The van der Waals surface area contributed by atoms with Crippen molar-refractivity contribution in [2.24, 2.45) is 0 Å². The lowest BCUT2D eigenvalue weighted by molar-refractivity contribution is 0.159. The maximum atomic E-state index is 10.5. The normalized spacial score (nSPS) is 13.5. The third kappa shape index (κ3) is 3.99. The van der Waals surface area contributed by atoms with Crippen molar-refractivity contribution in [2.45, 2.75) is 25.4 Å². The zero-order valence-electron chi connectivity index (χ0n) is 12.7. The zero-order chi connectivity index (χ0) is 15.2. The van der Waals surface area contributed by atoms with Crippen LogP contribution in [0.4, 0.5) is 0 Å². The summed E-state index contributed by atoms with van der Waals surface area (Å²) < 4.78 is 10.5. The minimum atomic E-state index is -0.552. The van der Waals surface area contributed by atoms with Gasteiger partial charge in [-0.05, 0) is 35.6 Å². The number of benzene rings is 2. The number of aliphatic hydroxyl groups is 1. The molecular weight excluding hydrogens is 264 g/mol. The van der Waals surface area contributed by atoms with Gasteiger partial charge in [0.2, 0.25) is 0 Å². The summed E-state index contributed by atoms with van der Waals surface area (Å²) in [4.78, 5) is 0. The van der Waals surface area contributed by atoms with Crippen molar-refractivity contribution in [3.63, 3.8) is 0 Å². The fourth-order valence-corrected chi connectivity index (χ4v) is 2.41. The fourth-order valence-electron chi connectivity index (χ4n) is 2.41. The molecule has 3 nitrogen and oxygen atoms in total. The maximum Gasteiger partial charge on any atom is 0.122 e. The van der Waals surface area contributed by atoms with E-state index in [4.69, 9.17) is 9.47 Å².